The second kappa shape index (κ2) is 3.80. The molecule has 1 aromatic carbocycles. The number of rotatable bonds is 2. The number of halogens is 2. The molecule has 72 valence electrons. The van der Waals surface area contributed by atoms with Crippen LogP contribution in [0, 0.1) is 5.82 Å². The summed E-state index contributed by atoms with van der Waals surface area (Å²) in [4.78, 5) is 0. The Balaban J connectivity index is 2.23. The molecule has 0 radical (unpaired) electrons. The summed E-state index contributed by atoms with van der Waals surface area (Å²) in [6, 6.07) is 8.08. The minimum atomic E-state index is -0.245. The zero-order valence-corrected chi connectivity index (χ0v) is 8.08. The molecule has 2 nitrogen and oxygen atoms in total. The molecule has 0 atom stereocenters. The van der Waals surface area contributed by atoms with Crippen LogP contribution in [0.3, 0.4) is 0 Å². The number of hydrogen-bond donors (Lipinski definition) is 0. The fourth-order valence-corrected chi connectivity index (χ4v) is 1.40. The molecule has 0 fully saturated rings. The van der Waals surface area contributed by atoms with Crippen LogP contribution in [0.5, 0.6) is 0 Å². The lowest BCUT2D eigenvalue weighted by Crippen LogP contribution is -2.01. The summed E-state index contributed by atoms with van der Waals surface area (Å²) in [6.07, 6.45) is 1.61. The van der Waals surface area contributed by atoms with E-state index in [1.807, 2.05) is 6.07 Å². The van der Waals surface area contributed by atoms with Crippen LogP contribution in [-0.4, -0.2) is 9.78 Å². The highest BCUT2D eigenvalue weighted by Gasteiger charge is 2.00. The first-order chi connectivity index (χ1) is 6.75. The minimum absolute atomic E-state index is 0.245. The van der Waals surface area contributed by atoms with E-state index in [2.05, 4.69) is 5.10 Å². The van der Waals surface area contributed by atoms with Crippen molar-refractivity contribution < 1.29 is 4.39 Å². The lowest BCUT2D eigenvalue weighted by Gasteiger charge is -2.02. The summed E-state index contributed by atoms with van der Waals surface area (Å²) in [6.45, 7) is 0.490. The number of aromatic nitrogens is 2. The van der Waals surface area contributed by atoms with Crippen LogP contribution < -0.4 is 0 Å². The summed E-state index contributed by atoms with van der Waals surface area (Å²) in [5.41, 5.74) is 0.843. The van der Waals surface area contributed by atoms with E-state index in [-0.39, 0.29) is 5.82 Å². The molecular formula is C10H8ClFN2. The molecule has 0 aliphatic carbocycles. The zero-order chi connectivity index (χ0) is 9.97. The third-order valence-electron chi connectivity index (χ3n) is 1.89. The van der Waals surface area contributed by atoms with Crippen molar-refractivity contribution in [2.24, 2.45) is 0 Å². The van der Waals surface area contributed by atoms with Crippen LogP contribution in [0.2, 0.25) is 5.15 Å². The summed E-state index contributed by atoms with van der Waals surface area (Å²) in [5, 5.41) is 4.55. The molecule has 0 aliphatic heterocycles. The first-order valence-electron chi connectivity index (χ1n) is 4.17. The van der Waals surface area contributed by atoms with Crippen LogP contribution >= 0.6 is 11.6 Å². The van der Waals surface area contributed by atoms with Gasteiger partial charge in [-0.05, 0) is 23.8 Å². The third kappa shape index (κ3) is 1.93. The van der Waals surface area contributed by atoms with Gasteiger partial charge in [-0.2, -0.15) is 5.10 Å². The average molecular weight is 211 g/mol. The first kappa shape index (κ1) is 9.21. The van der Waals surface area contributed by atoms with Crippen molar-refractivity contribution in [1.29, 1.82) is 0 Å². The van der Waals surface area contributed by atoms with E-state index in [4.69, 9.17) is 11.6 Å². The predicted molar refractivity (Wildman–Crippen MR) is 52.7 cm³/mol. The Bertz CT molecular complexity index is 439. The summed E-state index contributed by atoms with van der Waals surface area (Å²) >= 11 is 5.84. The van der Waals surface area contributed by atoms with E-state index in [0.717, 1.165) is 5.56 Å². The van der Waals surface area contributed by atoms with Gasteiger partial charge in [0.25, 0.3) is 0 Å². The van der Waals surface area contributed by atoms with E-state index >= 15 is 0 Å². The molecule has 0 N–H and O–H groups in total. The van der Waals surface area contributed by atoms with E-state index in [1.54, 1.807) is 23.0 Å². The van der Waals surface area contributed by atoms with Crippen molar-refractivity contribution in [2.75, 3.05) is 0 Å². The van der Waals surface area contributed by atoms with E-state index in [0.29, 0.717) is 11.7 Å². The molecule has 2 rings (SSSR count). The molecule has 0 unspecified atom stereocenters. The van der Waals surface area contributed by atoms with Gasteiger partial charge in [0.15, 0.2) is 0 Å². The predicted octanol–water partition coefficient (Wildman–Crippen LogP) is 2.72. The Labute approximate surface area is 85.9 Å². The first-order valence-corrected chi connectivity index (χ1v) is 4.55. The monoisotopic (exact) mass is 210 g/mol. The van der Waals surface area contributed by atoms with Crippen LogP contribution in [0.1, 0.15) is 5.56 Å². The molecular weight excluding hydrogens is 203 g/mol. The fraction of sp³-hybridized carbons (Fsp3) is 0.100. The maximum Gasteiger partial charge on any atom is 0.127 e. The molecule has 2 aromatic rings. The van der Waals surface area contributed by atoms with Crippen molar-refractivity contribution in [2.45, 2.75) is 6.54 Å². The van der Waals surface area contributed by atoms with Crippen molar-refractivity contribution >= 4 is 11.6 Å². The topological polar surface area (TPSA) is 17.8 Å². The Morgan fingerprint density at radius 3 is 2.86 bits per heavy atom. The Morgan fingerprint density at radius 2 is 2.21 bits per heavy atom. The van der Waals surface area contributed by atoms with Gasteiger partial charge < -0.3 is 0 Å². The summed E-state index contributed by atoms with van der Waals surface area (Å²) < 4.78 is 14.4. The molecule has 1 heterocycles. The lowest BCUT2D eigenvalue weighted by molar-refractivity contribution is 0.619. The highest BCUT2D eigenvalue weighted by Crippen LogP contribution is 2.10. The smallest absolute Gasteiger partial charge is 0.127 e. The van der Waals surface area contributed by atoms with Crippen molar-refractivity contribution in [1.82, 2.24) is 9.78 Å². The van der Waals surface area contributed by atoms with Gasteiger partial charge in [-0.1, -0.05) is 23.7 Å². The normalized spacial score (nSPS) is 10.4. The number of nitrogens with zero attached hydrogens (tertiary/aromatic N) is 2. The van der Waals surface area contributed by atoms with Gasteiger partial charge >= 0.3 is 0 Å². The van der Waals surface area contributed by atoms with E-state index in [1.165, 1.54) is 12.1 Å². The van der Waals surface area contributed by atoms with Gasteiger partial charge in [-0.25, -0.2) is 9.07 Å². The van der Waals surface area contributed by atoms with Crippen LogP contribution in [0.25, 0.3) is 0 Å². The van der Waals surface area contributed by atoms with Gasteiger partial charge in [0.05, 0.1) is 12.7 Å². The van der Waals surface area contributed by atoms with Crippen LogP contribution in [0.15, 0.2) is 36.5 Å². The fourth-order valence-electron chi connectivity index (χ4n) is 1.24. The minimum Gasteiger partial charge on any atom is -0.250 e. The highest BCUT2D eigenvalue weighted by atomic mass is 35.5. The quantitative estimate of drug-likeness (QED) is 0.745. The molecule has 0 bridgehead atoms. The standard InChI is InChI=1S/C10H8ClFN2/c11-10-4-5-13-14(10)7-8-2-1-3-9(12)6-8/h1-6H,7H2. The molecule has 0 saturated heterocycles. The maximum atomic E-state index is 12.8. The SMILES string of the molecule is Fc1cccc(Cn2nccc2Cl)c1. The Kier molecular flexibility index (Phi) is 2.50. The van der Waals surface area contributed by atoms with E-state index in [9.17, 15) is 4.39 Å². The van der Waals surface area contributed by atoms with Gasteiger partial charge in [0, 0.05) is 0 Å². The maximum absolute atomic E-state index is 12.8. The van der Waals surface area contributed by atoms with E-state index < -0.39 is 0 Å². The molecule has 1 aromatic heterocycles. The van der Waals surface area contributed by atoms with Gasteiger partial charge in [0.2, 0.25) is 0 Å². The van der Waals surface area contributed by atoms with Crippen molar-refractivity contribution in [3.63, 3.8) is 0 Å². The molecule has 14 heavy (non-hydrogen) atoms. The van der Waals surface area contributed by atoms with Crippen molar-refractivity contribution in [3.8, 4) is 0 Å². The molecule has 0 saturated carbocycles. The van der Waals surface area contributed by atoms with Crippen LogP contribution in [-0.2, 0) is 6.54 Å². The Morgan fingerprint density at radius 1 is 1.36 bits per heavy atom. The lowest BCUT2D eigenvalue weighted by atomic mass is 10.2. The molecule has 0 aliphatic rings. The molecule has 0 amide bonds. The third-order valence-corrected chi connectivity index (χ3v) is 2.21. The molecule has 0 spiro atoms. The largest absolute Gasteiger partial charge is 0.250 e. The number of benzene rings is 1. The summed E-state index contributed by atoms with van der Waals surface area (Å²) in [7, 11) is 0. The van der Waals surface area contributed by atoms with Gasteiger partial charge in [-0.15, -0.1) is 0 Å². The van der Waals surface area contributed by atoms with Gasteiger partial charge in [0.1, 0.15) is 11.0 Å². The second-order valence-corrected chi connectivity index (χ2v) is 3.33. The van der Waals surface area contributed by atoms with Crippen molar-refractivity contribution in [3.05, 3.63) is 53.1 Å². The summed E-state index contributed by atoms with van der Waals surface area (Å²) in [5.74, 6) is -0.245. The highest BCUT2D eigenvalue weighted by molar-refractivity contribution is 6.29. The van der Waals surface area contributed by atoms with Gasteiger partial charge in [-0.3, -0.25) is 0 Å². The Hall–Kier alpha value is -1.35. The van der Waals surface area contributed by atoms with Crippen LogP contribution in [0.4, 0.5) is 4.39 Å². The second-order valence-electron chi connectivity index (χ2n) is 2.94. The average Bonchev–Trinajstić information content (AvgIpc) is 2.52. The zero-order valence-electron chi connectivity index (χ0n) is 7.32. The molecule has 4 heteroatoms. The number of hydrogen-bond acceptors (Lipinski definition) is 1.